The van der Waals surface area contributed by atoms with E-state index in [1.54, 1.807) is 29.8 Å². The maximum absolute atomic E-state index is 13.5. The molecule has 0 unspecified atom stereocenters. The lowest BCUT2D eigenvalue weighted by molar-refractivity contribution is -0.139. The van der Waals surface area contributed by atoms with Gasteiger partial charge in [0.05, 0.1) is 16.5 Å². The van der Waals surface area contributed by atoms with Gasteiger partial charge in [0.1, 0.15) is 5.75 Å². The Morgan fingerprint density at radius 1 is 1.18 bits per heavy atom. The van der Waals surface area contributed by atoms with E-state index in [2.05, 4.69) is 35.8 Å². The highest BCUT2D eigenvalue weighted by Gasteiger charge is 2.38. The number of fused-ring (bicyclic) bond motifs is 1. The van der Waals surface area contributed by atoms with Gasteiger partial charge in [-0.1, -0.05) is 21.0 Å². The zero-order valence-corrected chi connectivity index (χ0v) is 20.3. The average Bonchev–Trinajstić information content (AvgIpc) is 3.38. The van der Waals surface area contributed by atoms with Crippen molar-refractivity contribution >= 4 is 36.9 Å². The fraction of sp³-hybridized carbons (Fsp3) is 0.238. The number of nitrogens with zero attached hydrogens (tertiary/aromatic N) is 3. The van der Waals surface area contributed by atoms with Gasteiger partial charge in [-0.15, -0.1) is 5.10 Å². The molecule has 2 aromatic carbocycles. The van der Waals surface area contributed by atoms with Gasteiger partial charge in [-0.05, 0) is 55.6 Å². The summed E-state index contributed by atoms with van der Waals surface area (Å²) in [5.41, 5.74) is -0.418. The summed E-state index contributed by atoms with van der Waals surface area (Å²) in [6.07, 6.45) is -3.06. The van der Waals surface area contributed by atoms with Crippen LogP contribution >= 0.6 is 15.9 Å². The van der Waals surface area contributed by atoms with Crippen LogP contribution in [-0.2, 0) is 22.7 Å². The highest BCUT2D eigenvalue weighted by atomic mass is 79.9. The molecule has 2 N–H and O–H groups in total. The molecule has 0 radical (unpaired) electrons. The summed E-state index contributed by atoms with van der Waals surface area (Å²) < 4.78 is 75.9. The Morgan fingerprint density at radius 3 is 2.65 bits per heavy atom. The summed E-state index contributed by atoms with van der Waals surface area (Å²) in [5, 5.41) is 9.02. The molecule has 0 spiro atoms. The first-order valence-corrected chi connectivity index (χ1v) is 12.3. The van der Waals surface area contributed by atoms with Crippen molar-refractivity contribution in [3.8, 4) is 11.8 Å². The first-order chi connectivity index (χ1) is 16.0. The molecule has 0 bridgehead atoms. The first kappa shape index (κ1) is 24.2. The lowest BCUT2D eigenvalue weighted by Gasteiger charge is -2.18. The molecule has 2 aromatic heterocycles. The number of aromatic nitrogens is 4. The summed E-state index contributed by atoms with van der Waals surface area (Å²) in [7, 11) is -4.55. The summed E-state index contributed by atoms with van der Waals surface area (Å²) in [6.45, 7) is 3.58. The summed E-state index contributed by atoms with van der Waals surface area (Å²) >= 11 is 2.95. The molecular formula is C21H19BrF3N5O3S. The molecule has 34 heavy (non-hydrogen) atoms. The van der Waals surface area contributed by atoms with Crippen molar-refractivity contribution in [1.82, 2.24) is 24.5 Å². The molecule has 0 saturated heterocycles. The number of hydrogen-bond acceptors (Lipinski definition) is 5. The second kappa shape index (κ2) is 9.04. The molecule has 0 aliphatic carbocycles. The van der Waals surface area contributed by atoms with Crippen LogP contribution in [0, 0.1) is 0 Å². The summed E-state index contributed by atoms with van der Waals surface area (Å²) in [5.74, 6) is 0.675. The van der Waals surface area contributed by atoms with E-state index in [4.69, 9.17) is 4.74 Å². The third-order valence-corrected chi connectivity index (χ3v) is 7.15. The van der Waals surface area contributed by atoms with Crippen LogP contribution in [0.15, 0.2) is 58.0 Å². The third kappa shape index (κ3) is 4.81. The molecule has 8 nitrogen and oxygen atoms in total. The van der Waals surface area contributed by atoms with Crippen LogP contribution in [0.4, 0.5) is 13.2 Å². The number of H-pyrrole nitrogens is 1. The van der Waals surface area contributed by atoms with Crippen LogP contribution in [0.3, 0.4) is 0 Å². The van der Waals surface area contributed by atoms with Crippen molar-refractivity contribution in [2.75, 3.05) is 0 Å². The minimum absolute atomic E-state index is 0.108. The molecular weight excluding hydrogens is 539 g/mol. The first-order valence-electron chi connectivity index (χ1n) is 10.1. The Kier molecular flexibility index (Phi) is 6.44. The largest absolute Gasteiger partial charge is 0.424 e. The maximum Gasteiger partial charge on any atom is 0.417 e. The highest BCUT2D eigenvalue weighted by Crippen LogP contribution is 2.36. The Bertz CT molecular complexity index is 1450. The fourth-order valence-corrected chi connectivity index (χ4v) is 5.27. The average molecular weight is 558 g/mol. The minimum Gasteiger partial charge on any atom is -0.424 e. The van der Waals surface area contributed by atoms with Gasteiger partial charge >= 0.3 is 12.2 Å². The number of benzene rings is 2. The van der Waals surface area contributed by atoms with Gasteiger partial charge in [0, 0.05) is 28.8 Å². The molecule has 0 fully saturated rings. The van der Waals surface area contributed by atoms with E-state index >= 15 is 0 Å². The quantitative estimate of drug-likeness (QED) is 0.317. The Morgan fingerprint density at radius 2 is 1.94 bits per heavy atom. The lowest BCUT2D eigenvalue weighted by atomic mass is 10.2. The number of nitrogens with one attached hydrogen (secondary N) is 2. The van der Waals surface area contributed by atoms with E-state index in [-0.39, 0.29) is 16.3 Å². The zero-order chi connectivity index (χ0) is 24.7. The number of sulfonamides is 1. The van der Waals surface area contributed by atoms with Gasteiger partial charge in [-0.2, -0.15) is 13.2 Å². The van der Waals surface area contributed by atoms with E-state index in [1.807, 2.05) is 12.1 Å². The third-order valence-electron chi connectivity index (χ3n) is 5.05. The second-order valence-electron chi connectivity index (χ2n) is 7.40. The number of halogens is 4. The van der Waals surface area contributed by atoms with Crippen LogP contribution in [0.2, 0.25) is 0 Å². The lowest BCUT2D eigenvalue weighted by Crippen LogP contribution is -2.30. The topological polar surface area (TPSA) is 102 Å². The number of rotatable bonds is 7. The van der Waals surface area contributed by atoms with Crippen LogP contribution in [0.25, 0.3) is 10.9 Å². The summed E-state index contributed by atoms with van der Waals surface area (Å²) in [6, 6.07) is 9.29. The molecule has 180 valence electrons. The molecule has 4 aromatic rings. The number of hydrogen-bond donors (Lipinski definition) is 2. The van der Waals surface area contributed by atoms with Gasteiger partial charge < -0.3 is 9.72 Å². The van der Waals surface area contributed by atoms with Gasteiger partial charge in [0.25, 0.3) is 0 Å². The van der Waals surface area contributed by atoms with Crippen LogP contribution in [0.5, 0.6) is 11.8 Å². The van der Waals surface area contributed by atoms with Gasteiger partial charge in [0.15, 0.2) is 5.82 Å². The van der Waals surface area contributed by atoms with Crippen molar-refractivity contribution in [2.45, 2.75) is 37.5 Å². The van der Waals surface area contributed by atoms with Crippen LogP contribution in [0.1, 0.15) is 31.3 Å². The smallest absolute Gasteiger partial charge is 0.417 e. The number of aromatic amines is 1. The fourth-order valence-electron chi connectivity index (χ4n) is 3.50. The predicted octanol–water partition coefficient (Wildman–Crippen LogP) is 5.39. The number of ether oxygens (including phenoxy) is 1. The molecule has 4 rings (SSSR count). The van der Waals surface area contributed by atoms with E-state index in [0.29, 0.717) is 12.3 Å². The van der Waals surface area contributed by atoms with Crippen molar-refractivity contribution < 1.29 is 26.3 Å². The van der Waals surface area contributed by atoms with Crippen molar-refractivity contribution in [3.63, 3.8) is 0 Å². The SMILES string of the molecule is CCn1c(Oc2ccc3cc[nH]c3c2)nnc1[C@@H](C)NS(=O)(=O)c1ccc(Br)cc1C(F)(F)F. The molecule has 0 aliphatic heterocycles. The van der Waals surface area contributed by atoms with Gasteiger partial charge in [-0.25, -0.2) is 13.1 Å². The van der Waals surface area contributed by atoms with Crippen molar-refractivity contribution in [3.05, 3.63) is 64.5 Å². The van der Waals surface area contributed by atoms with Gasteiger partial charge in [0.2, 0.25) is 10.0 Å². The molecule has 0 aliphatic rings. The zero-order valence-electron chi connectivity index (χ0n) is 17.9. The molecule has 0 saturated carbocycles. The second-order valence-corrected chi connectivity index (χ2v) is 9.99. The standard InChI is InChI=1S/C21H19BrF3N5O3S/c1-3-30-19(27-28-20(30)33-15-6-4-13-8-9-26-17(13)11-15)12(2)29-34(31,32)18-7-5-14(22)10-16(18)21(23,24)25/h4-12,26,29H,3H2,1-2H3/t12-/m1/s1. The van der Waals surface area contributed by atoms with Gasteiger partial charge in [-0.3, -0.25) is 4.57 Å². The van der Waals surface area contributed by atoms with E-state index < -0.39 is 32.7 Å². The predicted molar refractivity (Wildman–Crippen MR) is 122 cm³/mol. The van der Waals surface area contributed by atoms with Crippen LogP contribution in [-0.4, -0.2) is 28.2 Å². The Balaban J connectivity index is 1.61. The molecule has 2 heterocycles. The molecule has 0 amide bonds. The number of alkyl halides is 3. The Labute approximate surface area is 201 Å². The van der Waals surface area contributed by atoms with Crippen molar-refractivity contribution in [1.29, 1.82) is 0 Å². The monoisotopic (exact) mass is 557 g/mol. The minimum atomic E-state index is -4.86. The highest BCUT2D eigenvalue weighted by molar-refractivity contribution is 9.10. The summed E-state index contributed by atoms with van der Waals surface area (Å²) in [4.78, 5) is 2.19. The van der Waals surface area contributed by atoms with E-state index in [9.17, 15) is 21.6 Å². The maximum atomic E-state index is 13.5. The van der Waals surface area contributed by atoms with Crippen LogP contribution < -0.4 is 9.46 Å². The van der Waals surface area contributed by atoms with E-state index in [0.717, 1.165) is 23.0 Å². The van der Waals surface area contributed by atoms with E-state index in [1.165, 1.54) is 13.0 Å². The molecule has 13 heteroatoms. The van der Waals surface area contributed by atoms with Crippen molar-refractivity contribution in [2.24, 2.45) is 0 Å². The Hall–Kier alpha value is -2.90. The normalized spacial score (nSPS) is 13.4. The molecule has 1 atom stereocenters.